The van der Waals surface area contributed by atoms with E-state index in [1.54, 1.807) is 12.1 Å². The van der Waals surface area contributed by atoms with Crippen LogP contribution in [-0.2, 0) is 0 Å². The van der Waals surface area contributed by atoms with Crippen LogP contribution in [0.5, 0.6) is 11.5 Å². The molecule has 0 saturated heterocycles. The minimum Gasteiger partial charge on any atom is -0.504 e. The first-order valence-corrected chi connectivity index (χ1v) is 4.01. The van der Waals surface area contributed by atoms with Crippen molar-refractivity contribution in [2.75, 3.05) is 21.1 Å². The van der Waals surface area contributed by atoms with Crippen LogP contribution in [0.15, 0.2) is 24.3 Å². The first-order valence-electron chi connectivity index (χ1n) is 4.01. The highest BCUT2D eigenvalue weighted by Crippen LogP contribution is 2.21. The third kappa shape index (κ3) is 10.7. The molecule has 0 aliphatic rings. The summed E-state index contributed by atoms with van der Waals surface area (Å²) < 4.78 is 0. The molecule has 0 aromatic heterocycles. The largest absolute Gasteiger partial charge is 0.504 e. The Bertz CT molecular complexity index is 174. The minimum absolute atomic E-state index is 0.0764. The Hall–Kier alpha value is -1.30. The summed E-state index contributed by atoms with van der Waals surface area (Å²) in [5.74, 6) is -0.153. The number of rotatable bonds is 0. The fourth-order valence-electron chi connectivity index (χ4n) is 0.464. The smallest absolute Gasteiger partial charge is 0.157 e. The molecule has 0 fully saturated rings. The van der Waals surface area contributed by atoms with Crippen LogP contribution in [0.1, 0.15) is 0 Å². The third-order valence-electron chi connectivity index (χ3n) is 0.882. The predicted molar refractivity (Wildman–Crippen MR) is 60.1 cm³/mol. The average molecular weight is 203 g/mol. The van der Waals surface area contributed by atoms with E-state index in [1.807, 2.05) is 0 Å². The topological polar surface area (TPSA) is 119 Å². The summed E-state index contributed by atoms with van der Waals surface area (Å²) in [4.78, 5) is 0. The maximum Gasteiger partial charge on any atom is 0.157 e. The second-order valence-electron chi connectivity index (χ2n) is 1.49. The van der Waals surface area contributed by atoms with Crippen molar-refractivity contribution in [3.05, 3.63) is 24.3 Å². The first kappa shape index (κ1) is 18.5. The van der Waals surface area contributed by atoms with Gasteiger partial charge in [-0.2, -0.15) is 0 Å². The summed E-state index contributed by atoms with van der Waals surface area (Å²) in [6.07, 6.45) is 0. The number of hydrogen-bond acceptors (Lipinski definition) is 5. The summed E-state index contributed by atoms with van der Waals surface area (Å²) in [6.45, 7) is 0. The van der Waals surface area contributed by atoms with Gasteiger partial charge in [-0.15, -0.1) is 0 Å². The van der Waals surface area contributed by atoms with Gasteiger partial charge < -0.3 is 27.4 Å². The maximum absolute atomic E-state index is 8.67. The summed E-state index contributed by atoms with van der Waals surface area (Å²) in [7, 11) is 4.50. The van der Waals surface area contributed by atoms with Crippen LogP contribution in [0.3, 0.4) is 0 Å². The van der Waals surface area contributed by atoms with Crippen LogP contribution in [0.4, 0.5) is 0 Å². The minimum atomic E-state index is -0.0764. The molecule has 1 rings (SSSR count). The Balaban J connectivity index is -0.000000174. The number of aromatic hydroxyl groups is 2. The summed E-state index contributed by atoms with van der Waals surface area (Å²) in [5, 5.41) is 17.3. The van der Waals surface area contributed by atoms with Gasteiger partial charge in [0.25, 0.3) is 0 Å². The number of phenolic OH excluding ortho intramolecular Hbond substituents is 2. The molecule has 0 radical (unpaired) electrons. The number of hydrogen-bond donors (Lipinski definition) is 5. The standard InChI is InChI=1S/C6H6O2.3CH5N/c7-5-3-1-2-4-6(5)8;3*1-2/h1-4,7-8H;3*2H2,1H3. The molecule has 14 heavy (non-hydrogen) atoms. The van der Waals surface area contributed by atoms with Crippen molar-refractivity contribution in [2.45, 2.75) is 0 Å². The third-order valence-corrected chi connectivity index (χ3v) is 0.882. The van der Waals surface area contributed by atoms with E-state index in [2.05, 4.69) is 17.2 Å². The molecule has 0 unspecified atom stereocenters. The number of benzene rings is 1. The van der Waals surface area contributed by atoms with Gasteiger partial charge in [0.2, 0.25) is 0 Å². The monoisotopic (exact) mass is 203 g/mol. The van der Waals surface area contributed by atoms with Gasteiger partial charge >= 0.3 is 0 Å². The zero-order valence-electron chi connectivity index (χ0n) is 8.94. The highest BCUT2D eigenvalue weighted by atomic mass is 16.3. The Kier molecular flexibility index (Phi) is 23.4. The van der Waals surface area contributed by atoms with Gasteiger partial charge in [0.15, 0.2) is 11.5 Å². The van der Waals surface area contributed by atoms with Crippen molar-refractivity contribution in [3.63, 3.8) is 0 Å². The lowest BCUT2D eigenvalue weighted by Gasteiger charge is -1.91. The van der Waals surface area contributed by atoms with Gasteiger partial charge in [-0.1, -0.05) is 12.1 Å². The van der Waals surface area contributed by atoms with E-state index in [0.29, 0.717) is 0 Å². The molecule has 84 valence electrons. The van der Waals surface area contributed by atoms with Crippen molar-refractivity contribution in [3.8, 4) is 11.5 Å². The molecule has 1 aromatic rings. The molecular formula is C9H21N3O2. The predicted octanol–water partition coefficient (Wildman–Crippen LogP) is -0.177. The molecule has 0 heterocycles. The molecule has 0 saturated carbocycles. The fraction of sp³-hybridized carbons (Fsp3) is 0.333. The number of para-hydroxylation sites is 2. The van der Waals surface area contributed by atoms with Crippen molar-refractivity contribution in [2.24, 2.45) is 17.2 Å². The van der Waals surface area contributed by atoms with Gasteiger partial charge in [0.05, 0.1) is 0 Å². The normalized spacial score (nSPS) is 6.43. The lowest BCUT2D eigenvalue weighted by Crippen LogP contribution is -1.69. The highest BCUT2D eigenvalue weighted by molar-refractivity contribution is 5.36. The van der Waals surface area contributed by atoms with Gasteiger partial charge in [-0.3, -0.25) is 0 Å². The molecule has 8 N–H and O–H groups in total. The van der Waals surface area contributed by atoms with Crippen molar-refractivity contribution in [1.29, 1.82) is 0 Å². The average Bonchev–Trinajstić information content (AvgIpc) is 2.31. The van der Waals surface area contributed by atoms with Crippen LogP contribution < -0.4 is 17.2 Å². The Morgan fingerprint density at radius 2 is 0.929 bits per heavy atom. The van der Waals surface area contributed by atoms with Gasteiger partial charge in [0, 0.05) is 0 Å². The Labute approximate surface area is 85.2 Å². The molecule has 0 bridgehead atoms. The van der Waals surface area contributed by atoms with Crippen molar-refractivity contribution >= 4 is 0 Å². The van der Waals surface area contributed by atoms with Crippen LogP contribution in [0.25, 0.3) is 0 Å². The zero-order valence-corrected chi connectivity index (χ0v) is 8.94. The molecule has 0 atom stereocenters. The maximum atomic E-state index is 8.67. The molecule has 5 heteroatoms. The van der Waals surface area contributed by atoms with E-state index in [0.717, 1.165) is 0 Å². The molecule has 1 aromatic carbocycles. The van der Waals surface area contributed by atoms with Crippen LogP contribution in [0, 0.1) is 0 Å². The number of nitrogens with two attached hydrogens (primary N) is 3. The molecular weight excluding hydrogens is 182 g/mol. The molecule has 0 amide bonds. The van der Waals surface area contributed by atoms with Crippen molar-refractivity contribution in [1.82, 2.24) is 0 Å². The Morgan fingerprint density at radius 1 is 0.714 bits per heavy atom. The lowest BCUT2D eigenvalue weighted by molar-refractivity contribution is 0.404. The Morgan fingerprint density at radius 3 is 1.07 bits per heavy atom. The van der Waals surface area contributed by atoms with E-state index in [1.165, 1.54) is 33.3 Å². The van der Waals surface area contributed by atoms with Gasteiger partial charge in [-0.05, 0) is 33.3 Å². The quantitative estimate of drug-likeness (QED) is 0.375. The summed E-state index contributed by atoms with van der Waals surface area (Å²) in [6, 6.07) is 6.15. The van der Waals surface area contributed by atoms with E-state index in [9.17, 15) is 0 Å². The molecule has 5 nitrogen and oxygen atoms in total. The van der Waals surface area contributed by atoms with Crippen LogP contribution >= 0.6 is 0 Å². The van der Waals surface area contributed by atoms with Crippen molar-refractivity contribution < 1.29 is 10.2 Å². The molecule has 0 aliphatic heterocycles. The first-order chi connectivity index (χ1) is 6.80. The van der Waals surface area contributed by atoms with E-state index >= 15 is 0 Å². The molecule has 0 spiro atoms. The molecule has 0 aliphatic carbocycles. The second-order valence-corrected chi connectivity index (χ2v) is 1.49. The van der Waals surface area contributed by atoms with E-state index in [-0.39, 0.29) is 11.5 Å². The van der Waals surface area contributed by atoms with E-state index < -0.39 is 0 Å². The second kappa shape index (κ2) is 17.7. The van der Waals surface area contributed by atoms with Crippen LogP contribution in [0.2, 0.25) is 0 Å². The highest BCUT2D eigenvalue weighted by Gasteiger charge is 1.90. The fourth-order valence-corrected chi connectivity index (χ4v) is 0.464. The zero-order chi connectivity index (χ0) is 12.0. The van der Waals surface area contributed by atoms with Gasteiger partial charge in [0.1, 0.15) is 0 Å². The van der Waals surface area contributed by atoms with E-state index in [4.69, 9.17) is 10.2 Å². The SMILES string of the molecule is CN.CN.CN.Oc1ccccc1O. The van der Waals surface area contributed by atoms with Crippen LogP contribution in [-0.4, -0.2) is 31.4 Å². The number of phenols is 2. The lowest BCUT2D eigenvalue weighted by atomic mass is 10.3. The summed E-state index contributed by atoms with van der Waals surface area (Å²) in [5.41, 5.74) is 13.5. The van der Waals surface area contributed by atoms with Gasteiger partial charge in [-0.25, -0.2) is 0 Å². The summed E-state index contributed by atoms with van der Waals surface area (Å²) >= 11 is 0.